The van der Waals surface area contributed by atoms with Gasteiger partial charge in [-0.3, -0.25) is 4.79 Å². The van der Waals surface area contributed by atoms with Crippen molar-refractivity contribution in [2.45, 2.75) is 38.7 Å². The number of nitrogens with two attached hydrogens (primary N) is 1. The number of anilines is 2. The lowest BCUT2D eigenvalue weighted by atomic mass is 10.1. The van der Waals surface area contributed by atoms with Crippen molar-refractivity contribution in [3.05, 3.63) is 18.2 Å². The molecule has 1 aliphatic heterocycles. The summed E-state index contributed by atoms with van der Waals surface area (Å²) in [7, 11) is 0. The van der Waals surface area contributed by atoms with Gasteiger partial charge in [-0.2, -0.15) is 0 Å². The van der Waals surface area contributed by atoms with Crippen LogP contribution in [0.4, 0.5) is 11.4 Å². The van der Waals surface area contributed by atoms with Crippen molar-refractivity contribution in [1.29, 1.82) is 0 Å². The smallest absolute Gasteiger partial charge is 0.267 e. The second kappa shape index (κ2) is 6.61. The van der Waals surface area contributed by atoms with E-state index in [1.165, 1.54) is 0 Å². The first kappa shape index (κ1) is 14.7. The molecule has 1 amide bonds. The maximum Gasteiger partial charge on any atom is 0.267 e. The fourth-order valence-corrected chi connectivity index (χ4v) is 2.39. The van der Waals surface area contributed by atoms with Crippen LogP contribution in [-0.4, -0.2) is 30.3 Å². The third kappa shape index (κ3) is 3.22. The number of aliphatic hydroxyl groups is 1. The van der Waals surface area contributed by atoms with E-state index in [4.69, 9.17) is 15.6 Å². The van der Waals surface area contributed by atoms with Crippen LogP contribution >= 0.6 is 0 Å². The van der Waals surface area contributed by atoms with Crippen LogP contribution in [0.25, 0.3) is 0 Å². The Labute approximate surface area is 119 Å². The van der Waals surface area contributed by atoms with Crippen molar-refractivity contribution in [2.75, 3.05) is 23.8 Å². The second-order valence-corrected chi connectivity index (χ2v) is 5.11. The van der Waals surface area contributed by atoms with Gasteiger partial charge in [0.25, 0.3) is 5.91 Å². The van der Waals surface area contributed by atoms with Crippen LogP contribution in [0.3, 0.4) is 0 Å². The summed E-state index contributed by atoms with van der Waals surface area (Å²) in [6.45, 7) is 2.66. The maximum atomic E-state index is 12.2. The van der Waals surface area contributed by atoms with E-state index in [9.17, 15) is 4.79 Å². The average molecular weight is 278 g/mol. The highest BCUT2D eigenvalue weighted by atomic mass is 16.5. The first-order chi connectivity index (χ1) is 9.63. The second-order valence-electron chi connectivity index (χ2n) is 5.11. The van der Waals surface area contributed by atoms with Crippen molar-refractivity contribution in [1.82, 2.24) is 0 Å². The Bertz CT molecular complexity index is 476. The number of nitrogen functional groups attached to an aromatic ring is 1. The first-order valence-electron chi connectivity index (χ1n) is 7.12. The number of benzene rings is 1. The quantitative estimate of drug-likeness (QED) is 0.616. The summed E-state index contributed by atoms with van der Waals surface area (Å²) in [5.74, 6) is 0.664. The van der Waals surface area contributed by atoms with Crippen molar-refractivity contribution < 1.29 is 14.6 Å². The Morgan fingerprint density at radius 2 is 2.05 bits per heavy atom. The molecule has 5 heteroatoms. The largest absolute Gasteiger partial charge is 0.479 e. The molecule has 3 N–H and O–H groups in total. The number of carbonyl (C=O) groups excluding carboxylic acids is 1. The summed E-state index contributed by atoms with van der Waals surface area (Å²) in [5, 5.41) is 8.75. The number of unbranched alkanes of at least 4 members (excludes halogenated alkanes) is 3. The third-order valence-corrected chi connectivity index (χ3v) is 3.48. The fraction of sp³-hybridized carbons (Fsp3) is 0.533. The Morgan fingerprint density at radius 3 is 2.80 bits per heavy atom. The zero-order valence-corrected chi connectivity index (χ0v) is 11.8. The minimum absolute atomic E-state index is 0.00979. The summed E-state index contributed by atoms with van der Waals surface area (Å²) >= 11 is 0. The summed E-state index contributed by atoms with van der Waals surface area (Å²) in [6, 6.07) is 5.38. The summed E-state index contributed by atoms with van der Waals surface area (Å²) in [4.78, 5) is 14.0. The molecule has 1 unspecified atom stereocenters. The SMILES string of the molecule is CC1Oc2cc(N)ccc2N(CCCCCCO)C1=O. The molecule has 5 nitrogen and oxygen atoms in total. The molecule has 0 aliphatic carbocycles. The van der Waals surface area contributed by atoms with Crippen LogP contribution in [0.15, 0.2) is 18.2 Å². The third-order valence-electron chi connectivity index (χ3n) is 3.48. The van der Waals surface area contributed by atoms with E-state index < -0.39 is 6.10 Å². The van der Waals surface area contributed by atoms with Gasteiger partial charge in [-0.1, -0.05) is 12.8 Å². The van der Waals surface area contributed by atoms with E-state index in [0.717, 1.165) is 31.4 Å². The predicted molar refractivity (Wildman–Crippen MR) is 78.9 cm³/mol. The summed E-state index contributed by atoms with van der Waals surface area (Å²) in [6.07, 6.45) is 3.26. The molecule has 0 saturated heterocycles. The summed E-state index contributed by atoms with van der Waals surface area (Å²) < 4.78 is 5.60. The number of rotatable bonds is 6. The Hall–Kier alpha value is -1.75. The minimum Gasteiger partial charge on any atom is -0.479 e. The number of aliphatic hydroxyl groups excluding tert-OH is 1. The molecule has 0 fully saturated rings. The molecule has 1 atom stereocenters. The van der Waals surface area contributed by atoms with E-state index in [1.54, 1.807) is 24.0 Å². The lowest BCUT2D eigenvalue weighted by Gasteiger charge is -2.33. The van der Waals surface area contributed by atoms with Crippen LogP contribution in [0.1, 0.15) is 32.6 Å². The van der Waals surface area contributed by atoms with Crippen LogP contribution < -0.4 is 15.4 Å². The number of ether oxygens (including phenoxy) is 1. The van der Waals surface area contributed by atoms with Gasteiger partial charge in [-0.05, 0) is 31.9 Å². The molecule has 1 heterocycles. The molecule has 2 rings (SSSR count). The monoisotopic (exact) mass is 278 g/mol. The molecular weight excluding hydrogens is 256 g/mol. The van der Waals surface area contributed by atoms with Gasteiger partial charge in [-0.25, -0.2) is 0 Å². The van der Waals surface area contributed by atoms with Crippen molar-refractivity contribution in [3.8, 4) is 5.75 Å². The molecule has 0 radical (unpaired) electrons. The fourth-order valence-electron chi connectivity index (χ4n) is 2.39. The molecule has 20 heavy (non-hydrogen) atoms. The average Bonchev–Trinajstić information content (AvgIpc) is 2.42. The number of nitrogens with zero attached hydrogens (tertiary/aromatic N) is 1. The molecular formula is C15H22N2O3. The van der Waals surface area contributed by atoms with Crippen molar-refractivity contribution in [3.63, 3.8) is 0 Å². The molecule has 0 aromatic heterocycles. The Balaban J connectivity index is 2.05. The number of carbonyl (C=O) groups is 1. The van der Waals surface area contributed by atoms with E-state index >= 15 is 0 Å². The van der Waals surface area contributed by atoms with Crippen LogP contribution in [0, 0.1) is 0 Å². The van der Waals surface area contributed by atoms with Gasteiger partial charge in [0.2, 0.25) is 0 Å². The highest BCUT2D eigenvalue weighted by Crippen LogP contribution is 2.35. The van der Waals surface area contributed by atoms with Gasteiger partial charge in [0.15, 0.2) is 6.10 Å². The van der Waals surface area contributed by atoms with Gasteiger partial charge < -0.3 is 20.5 Å². The number of amides is 1. The van der Waals surface area contributed by atoms with Gasteiger partial charge >= 0.3 is 0 Å². The highest BCUT2D eigenvalue weighted by molar-refractivity contribution is 6.00. The number of fused-ring (bicyclic) bond motifs is 1. The number of hydrogen-bond acceptors (Lipinski definition) is 4. The minimum atomic E-state index is -0.471. The predicted octanol–water partition coefficient (Wildman–Crippen LogP) is 1.94. The van der Waals surface area contributed by atoms with E-state index in [2.05, 4.69) is 0 Å². The molecule has 1 aliphatic rings. The lowest BCUT2D eigenvalue weighted by Crippen LogP contribution is -2.44. The molecule has 1 aromatic carbocycles. The van der Waals surface area contributed by atoms with E-state index in [-0.39, 0.29) is 12.5 Å². The van der Waals surface area contributed by atoms with E-state index in [1.807, 2.05) is 6.07 Å². The standard InChI is InChI=1S/C15H22N2O3/c1-11-15(19)17(8-4-2-3-5-9-18)13-7-6-12(16)10-14(13)20-11/h6-7,10-11,18H,2-5,8-9,16H2,1H3. The van der Waals surface area contributed by atoms with Gasteiger partial charge in [-0.15, -0.1) is 0 Å². The first-order valence-corrected chi connectivity index (χ1v) is 7.12. The number of hydrogen-bond donors (Lipinski definition) is 2. The highest BCUT2D eigenvalue weighted by Gasteiger charge is 2.30. The van der Waals surface area contributed by atoms with Gasteiger partial charge in [0.1, 0.15) is 5.75 Å². The molecule has 1 aromatic rings. The normalized spacial score (nSPS) is 17.8. The van der Waals surface area contributed by atoms with Crippen LogP contribution in [-0.2, 0) is 4.79 Å². The van der Waals surface area contributed by atoms with Crippen LogP contribution in [0.2, 0.25) is 0 Å². The Morgan fingerprint density at radius 1 is 1.30 bits per heavy atom. The molecule has 0 spiro atoms. The van der Waals surface area contributed by atoms with Gasteiger partial charge in [0, 0.05) is 24.9 Å². The van der Waals surface area contributed by atoms with Gasteiger partial charge in [0.05, 0.1) is 5.69 Å². The van der Waals surface area contributed by atoms with E-state index in [0.29, 0.717) is 18.0 Å². The van der Waals surface area contributed by atoms with Crippen LogP contribution in [0.5, 0.6) is 5.75 Å². The molecule has 0 bridgehead atoms. The van der Waals surface area contributed by atoms with Crippen molar-refractivity contribution >= 4 is 17.3 Å². The zero-order valence-electron chi connectivity index (χ0n) is 11.8. The maximum absolute atomic E-state index is 12.2. The lowest BCUT2D eigenvalue weighted by molar-refractivity contribution is -0.125. The van der Waals surface area contributed by atoms with Crippen molar-refractivity contribution in [2.24, 2.45) is 0 Å². The molecule has 0 saturated carbocycles. The topological polar surface area (TPSA) is 75.8 Å². The molecule has 110 valence electrons. The zero-order chi connectivity index (χ0) is 14.5. The summed E-state index contributed by atoms with van der Waals surface area (Å²) in [5.41, 5.74) is 7.18. The Kier molecular flexibility index (Phi) is 4.84.